The molecule has 2 nitrogen and oxygen atoms in total. The van der Waals surface area contributed by atoms with Crippen LogP contribution in [-0.4, -0.2) is 24.4 Å². The summed E-state index contributed by atoms with van der Waals surface area (Å²) in [6, 6.07) is 0. The fraction of sp³-hybridized carbons (Fsp3) is 1.00. The Bertz CT molecular complexity index is 206. The second-order valence-electron chi connectivity index (χ2n) is 6.46. The second-order valence-corrected chi connectivity index (χ2v) is 6.46. The van der Waals surface area contributed by atoms with Gasteiger partial charge in [-0.25, -0.2) is 0 Å². The molecule has 0 aromatic rings. The topological polar surface area (TPSA) is 29.5 Å². The largest absolute Gasteiger partial charge is 0.396 e. The van der Waals surface area contributed by atoms with Gasteiger partial charge < -0.3 is 9.84 Å². The first-order chi connectivity index (χ1) is 9.88. The Labute approximate surface area is 126 Å². The van der Waals surface area contributed by atoms with E-state index in [1.54, 1.807) is 0 Å². The van der Waals surface area contributed by atoms with E-state index in [0.717, 1.165) is 19.4 Å². The van der Waals surface area contributed by atoms with Gasteiger partial charge in [-0.1, -0.05) is 71.1 Å². The summed E-state index contributed by atoms with van der Waals surface area (Å²) >= 11 is 0. The van der Waals surface area contributed by atoms with Gasteiger partial charge in [0.1, 0.15) is 0 Å². The third kappa shape index (κ3) is 8.26. The lowest BCUT2D eigenvalue weighted by Crippen LogP contribution is -2.21. The first kappa shape index (κ1) is 18.0. The molecular weight excluding hydrogens is 248 g/mol. The van der Waals surface area contributed by atoms with Crippen molar-refractivity contribution in [2.45, 2.75) is 96.5 Å². The molecule has 1 aliphatic rings. The third-order valence-electron chi connectivity index (χ3n) is 4.65. The van der Waals surface area contributed by atoms with Crippen molar-refractivity contribution in [2.24, 2.45) is 5.92 Å². The predicted octanol–water partition coefficient (Wildman–Crippen LogP) is 5.08. The Balaban J connectivity index is 1.78. The van der Waals surface area contributed by atoms with Crippen LogP contribution in [0.15, 0.2) is 0 Å². The lowest BCUT2D eigenvalue weighted by molar-refractivity contribution is 0.00875. The molecule has 1 fully saturated rings. The van der Waals surface area contributed by atoms with Crippen molar-refractivity contribution >= 4 is 0 Å². The van der Waals surface area contributed by atoms with Crippen molar-refractivity contribution in [1.82, 2.24) is 0 Å². The molecule has 1 saturated carbocycles. The first-order valence-electron chi connectivity index (χ1n) is 9.11. The van der Waals surface area contributed by atoms with Crippen LogP contribution in [0.25, 0.3) is 0 Å². The quantitative estimate of drug-likeness (QED) is 0.478. The number of ether oxygens (including phenoxy) is 1. The van der Waals surface area contributed by atoms with E-state index in [4.69, 9.17) is 4.74 Å². The van der Waals surface area contributed by atoms with Crippen molar-refractivity contribution in [3.63, 3.8) is 0 Å². The standard InChI is InChI=1S/C18H36O2/c1-2-3-4-5-6-7-8-9-10-11-15-20-18-14-12-13-17(18)16-19/h17-19H,2-16H2,1H3/t17-,18-/m0/s1. The van der Waals surface area contributed by atoms with Crippen LogP contribution in [0, 0.1) is 5.92 Å². The zero-order valence-electron chi connectivity index (χ0n) is 13.6. The highest BCUT2D eigenvalue weighted by Gasteiger charge is 2.26. The highest BCUT2D eigenvalue weighted by molar-refractivity contribution is 4.77. The Morgan fingerprint density at radius 3 is 2.05 bits per heavy atom. The van der Waals surface area contributed by atoms with Gasteiger partial charge >= 0.3 is 0 Å². The van der Waals surface area contributed by atoms with Crippen LogP contribution in [0.1, 0.15) is 90.4 Å². The summed E-state index contributed by atoms with van der Waals surface area (Å²) in [7, 11) is 0. The summed E-state index contributed by atoms with van der Waals surface area (Å²) in [5, 5.41) is 9.23. The Morgan fingerprint density at radius 1 is 0.850 bits per heavy atom. The van der Waals surface area contributed by atoms with E-state index in [1.807, 2.05) is 0 Å². The van der Waals surface area contributed by atoms with E-state index in [2.05, 4.69) is 6.92 Å². The SMILES string of the molecule is CCCCCCCCCCCCO[C@H]1CCC[C@H]1CO. The number of hydrogen-bond acceptors (Lipinski definition) is 2. The molecule has 2 atom stereocenters. The molecule has 1 rings (SSSR count). The Kier molecular flexibility index (Phi) is 11.4. The van der Waals surface area contributed by atoms with Gasteiger partial charge in [0.05, 0.1) is 6.10 Å². The van der Waals surface area contributed by atoms with Crippen LogP contribution in [0.5, 0.6) is 0 Å². The maximum absolute atomic E-state index is 9.23. The lowest BCUT2D eigenvalue weighted by Gasteiger charge is -2.18. The van der Waals surface area contributed by atoms with Crippen molar-refractivity contribution in [1.29, 1.82) is 0 Å². The maximum atomic E-state index is 9.23. The van der Waals surface area contributed by atoms with Gasteiger partial charge in [-0.05, 0) is 19.3 Å². The minimum Gasteiger partial charge on any atom is -0.396 e. The third-order valence-corrected chi connectivity index (χ3v) is 4.65. The van der Waals surface area contributed by atoms with Crippen LogP contribution in [0.2, 0.25) is 0 Å². The lowest BCUT2D eigenvalue weighted by atomic mass is 10.1. The molecule has 0 spiro atoms. The molecule has 120 valence electrons. The Hall–Kier alpha value is -0.0800. The smallest absolute Gasteiger partial charge is 0.0625 e. The minimum atomic E-state index is 0.308. The van der Waals surface area contributed by atoms with Gasteiger partial charge in [0.25, 0.3) is 0 Å². The van der Waals surface area contributed by atoms with Crippen molar-refractivity contribution in [3.8, 4) is 0 Å². The summed E-state index contributed by atoms with van der Waals surface area (Å²) in [4.78, 5) is 0. The normalized spacial score (nSPS) is 22.5. The van der Waals surface area contributed by atoms with Gasteiger partial charge in [0, 0.05) is 19.1 Å². The Morgan fingerprint density at radius 2 is 1.45 bits per heavy atom. The van der Waals surface area contributed by atoms with Crippen molar-refractivity contribution < 1.29 is 9.84 Å². The molecule has 0 aliphatic heterocycles. The molecule has 0 radical (unpaired) electrons. The van der Waals surface area contributed by atoms with E-state index < -0.39 is 0 Å². The van der Waals surface area contributed by atoms with E-state index >= 15 is 0 Å². The molecule has 0 aromatic carbocycles. The van der Waals surface area contributed by atoms with E-state index in [9.17, 15) is 5.11 Å². The fourth-order valence-electron chi connectivity index (χ4n) is 3.26. The molecule has 1 aliphatic carbocycles. The first-order valence-corrected chi connectivity index (χ1v) is 9.11. The monoisotopic (exact) mass is 284 g/mol. The average molecular weight is 284 g/mol. The molecule has 20 heavy (non-hydrogen) atoms. The molecule has 2 heteroatoms. The molecule has 0 bridgehead atoms. The van der Waals surface area contributed by atoms with E-state index in [1.165, 1.54) is 70.6 Å². The summed E-state index contributed by atoms with van der Waals surface area (Å²) in [6.07, 6.45) is 17.6. The maximum Gasteiger partial charge on any atom is 0.0625 e. The summed E-state index contributed by atoms with van der Waals surface area (Å²) in [5.74, 6) is 0.415. The molecule has 0 amide bonds. The van der Waals surface area contributed by atoms with Crippen LogP contribution >= 0.6 is 0 Å². The molecule has 0 heterocycles. The molecule has 0 saturated heterocycles. The van der Waals surface area contributed by atoms with Crippen molar-refractivity contribution in [2.75, 3.05) is 13.2 Å². The molecule has 0 unspecified atom stereocenters. The van der Waals surface area contributed by atoms with Crippen LogP contribution < -0.4 is 0 Å². The highest BCUT2D eigenvalue weighted by atomic mass is 16.5. The van der Waals surface area contributed by atoms with E-state index in [0.29, 0.717) is 18.6 Å². The number of aliphatic hydroxyl groups excluding tert-OH is 1. The van der Waals surface area contributed by atoms with Gasteiger partial charge in [-0.2, -0.15) is 0 Å². The zero-order valence-corrected chi connectivity index (χ0v) is 13.6. The number of hydrogen-bond donors (Lipinski definition) is 1. The van der Waals surface area contributed by atoms with Crippen LogP contribution in [0.3, 0.4) is 0 Å². The second kappa shape index (κ2) is 12.6. The predicted molar refractivity (Wildman–Crippen MR) is 86.0 cm³/mol. The van der Waals surface area contributed by atoms with Crippen molar-refractivity contribution in [3.05, 3.63) is 0 Å². The minimum absolute atomic E-state index is 0.308. The number of aliphatic hydroxyl groups is 1. The number of unbranched alkanes of at least 4 members (excludes halogenated alkanes) is 9. The molecular formula is C18H36O2. The molecule has 0 aromatic heterocycles. The van der Waals surface area contributed by atoms with Gasteiger partial charge in [-0.3, -0.25) is 0 Å². The van der Waals surface area contributed by atoms with Crippen LogP contribution in [-0.2, 0) is 4.74 Å². The van der Waals surface area contributed by atoms with Crippen LogP contribution in [0.4, 0.5) is 0 Å². The van der Waals surface area contributed by atoms with Gasteiger partial charge in [0.2, 0.25) is 0 Å². The van der Waals surface area contributed by atoms with Gasteiger partial charge in [-0.15, -0.1) is 0 Å². The zero-order chi connectivity index (χ0) is 14.5. The summed E-state index contributed by atoms with van der Waals surface area (Å²) in [6.45, 7) is 3.48. The summed E-state index contributed by atoms with van der Waals surface area (Å²) in [5.41, 5.74) is 0. The number of rotatable bonds is 13. The molecule has 1 N–H and O–H groups in total. The highest BCUT2D eigenvalue weighted by Crippen LogP contribution is 2.27. The van der Waals surface area contributed by atoms with Gasteiger partial charge in [0.15, 0.2) is 0 Å². The fourth-order valence-corrected chi connectivity index (χ4v) is 3.26. The van der Waals surface area contributed by atoms with E-state index in [-0.39, 0.29) is 0 Å². The average Bonchev–Trinajstić information content (AvgIpc) is 2.92. The summed E-state index contributed by atoms with van der Waals surface area (Å²) < 4.78 is 5.92.